The smallest absolute Gasteiger partial charge is 0.407 e. The third-order valence-corrected chi connectivity index (χ3v) is 3.80. The maximum absolute atomic E-state index is 11.7. The van der Waals surface area contributed by atoms with Crippen LogP contribution < -0.4 is 5.32 Å². The molecule has 0 bridgehead atoms. The van der Waals surface area contributed by atoms with Gasteiger partial charge in [0.15, 0.2) is 0 Å². The molecule has 0 fully saturated rings. The molecule has 1 unspecified atom stereocenters. The molecule has 1 aromatic rings. The van der Waals surface area contributed by atoms with Crippen LogP contribution in [0.2, 0.25) is 0 Å². The summed E-state index contributed by atoms with van der Waals surface area (Å²) in [4.78, 5) is 17.5. The third-order valence-electron chi connectivity index (χ3n) is 2.77. The predicted molar refractivity (Wildman–Crippen MR) is 72.0 cm³/mol. The lowest BCUT2D eigenvalue weighted by Crippen LogP contribution is -2.41. The number of ether oxygens (including phenoxy) is 1. The summed E-state index contributed by atoms with van der Waals surface area (Å²) in [5, 5.41) is 4.05. The zero-order valence-corrected chi connectivity index (χ0v) is 12.2. The van der Waals surface area contributed by atoms with E-state index in [2.05, 4.69) is 10.3 Å². The maximum atomic E-state index is 11.7. The summed E-state index contributed by atoms with van der Waals surface area (Å²) >= 11 is 1.73. The predicted octanol–water partition coefficient (Wildman–Crippen LogP) is 2.83. The van der Waals surface area contributed by atoms with Crippen molar-refractivity contribution in [3.05, 3.63) is 15.6 Å². The number of hydrogen-bond acceptors (Lipinski definition) is 4. The van der Waals surface area contributed by atoms with E-state index in [-0.39, 0.29) is 12.1 Å². The summed E-state index contributed by atoms with van der Waals surface area (Å²) in [6.07, 6.45) is 2.44. The van der Waals surface area contributed by atoms with Crippen molar-refractivity contribution in [2.45, 2.75) is 58.6 Å². The summed E-state index contributed by atoms with van der Waals surface area (Å²) in [6.45, 7) is 7.65. The number of alkyl carbamates (subject to hydrolysis) is 1. The average Bonchev–Trinajstić information content (AvgIpc) is 2.53. The van der Waals surface area contributed by atoms with Crippen LogP contribution in [0.5, 0.6) is 0 Å². The normalized spacial score (nSPS) is 19.2. The van der Waals surface area contributed by atoms with Crippen LogP contribution in [-0.4, -0.2) is 22.7 Å². The van der Waals surface area contributed by atoms with E-state index in [0.29, 0.717) is 0 Å². The van der Waals surface area contributed by atoms with E-state index in [0.717, 1.165) is 24.3 Å². The van der Waals surface area contributed by atoms with E-state index in [1.54, 1.807) is 11.3 Å². The highest BCUT2D eigenvalue weighted by molar-refractivity contribution is 7.11. The molecule has 1 aliphatic carbocycles. The van der Waals surface area contributed by atoms with Crippen molar-refractivity contribution in [2.24, 2.45) is 0 Å². The minimum atomic E-state index is -0.439. The number of fused-ring (bicyclic) bond motifs is 1. The first-order valence-electron chi connectivity index (χ1n) is 6.28. The number of carbonyl (C=O) groups is 1. The monoisotopic (exact) mass is 268 g/mol. The van der Waals surface area contributed by atoms with E-state index in [1.807, 2.05) is 27.7 Å². The van der Waals surface area contributed by atoms with Crippen LogP contribution in [0.3, 0.4) is 0 Å². The second-order valence-corrected chi connectivity index (χ2v) is 6.98. The van der Waals surface area contributed by atoms with Gasteiger partial charge in [-0.3, -0.25) is 0 Å². The molecule has 1 atom stereocenters. The van der Waals surface area contributed by atoms with Gasteiger partial charge in [0.2, 0.25) is 0 Å². The van der Waals surface area contributed by atoms with Crippen molar-refractivity contribution >= 4 is 17.4 Å². The molecule has 2 rings (SSSR count). The summed E-state index contributed by atoms with van der Waals surface area (Å²) in [7, 11) is 0. The number of rotatable bonds is 1. The van der Waals surface area contributed by atoms with Gasteiger partial charge in [0.25, 0.3) is 0 Å². The van der Waals surface area contributed by atoms with Crippen LogP contribution in [0.1, 0.15) is 42.8 Å². The molecule has 1 aliphatic rings. The fourth-order valence-electron chi connectivity index (χ4n) is 2.10. The Bertz CT molecular complexity index is 448. The Kier molecular flexibility index (Phi) is 3.61. The van der Waals surface area contributed by atoms with Gasteiger partial charge >= 0.3 is 6.09 Å². The van der Waals surface area contributed by atoms with Gasteiger partial charge in [0, 0.05) is 17.3 Å². The second kappa shape index (κ2) is 4.88. The number of carbonyl (C=O) groups excluding carboxylic acids is 1. The third kappa shape index (κ3) is 3.45. The number of aryl methyl sites for hydroxylation is 2. The molecule has 4 nitrogen and oxygen atoms in total. The number of aromatic nitrogens is 1. The van der Waals surface area contributed by atoms with Crippen LogP contribution in [0.4, 0.5) is 4.79 Å². The molecular formula is C13H20N2O2S. The van der Waals surface area contributed by atoms with Crippen molar-refractivity contribution in [1.82, 2.24) is 10.3 Å². The lowest BCUT2D eigenvalue weighted by atomic mass is 9.98. The topological polar surface area (TPSA) is 51.2 Å². The number of nitrogens with zero attached hydrogens (tertiary/aromatic N) is 1. The van der Waals surface area contributed by atoms with Crippen LogP contribution in [-0.2, 0) is 17.6 Å². The molecule has 1 N–H and O–H groups in total. The molecule has 0 aliphatic heterocycles. The summed E-state index contributed by atoms with van der Waals surface area (Å²) in [6, 6.07) is 0.173. The van der Waals surface area contributed by atoms with Gasteiger partial charge in [0.05, 0.1) is 10.7 Å². The summed E-state index contributed by atoms with van der Waals surface area (Å²) < 4.78 is 5.27. The van der Waals surface area contributed by atoms with Gasteiger partial charge in [0.1, 0.15) is 5.60 Å². The van der Waals surface area contributed by atoms with E-state index in [1.165, 1.54) is 10.6 Å². The molecule has 1 heterocycles. The summed E-state index contributed by atoms with van der Waals surface area (Å²) in [5.74, 6) is 0. The minimum absolute atomic E-state index is 0.173. The van der Waals surface area contributed by atoms with E-state index < -0.39 is 5.60 Å². The van der Waals surface area contributed by atoms with Gasteiger partial charge in [-0.05, 0) is 40.5 Å². The van der Waals surface area contributed by atoms with Crippen molar-refractivity contribution < 1.29 is 9.53 Å². The van der Waals surface area contributed by atoms with Crippen molar-refractivity contribution in [3.63, 3.8) is 0 Å². The molecule has 0 radical (unpaired) electrons. The molecule has 0 saturated carbocycles. The van der Waals surface area contributed by atoms with Gasteiger partial charge in [-0.1, -0.05) is 0 Å². The highest BCUT2D eigenvalue weighted by atomic mass is 32.1. The molecular weight excluding hydrogens is 248 g/mol. The van der Waals surface area contributed by atoms with Gasteiger partial charge in [-0.25, -0.2) is 9.78 Å². The van der Waals surface area contributed by atoms with E-state index in [9.17, 15) is 4.79 Å². The van der Waals surface area contributed by atoms with Crippen LogP contribution in [0.15, 0.2) is 0 Å². The standard InChI is InChI=1S/C13H20N2O2S/c1-8-14-10-6-5-9(7-11(10)18-8)15-12(16)17-13(2,3)4/h9H,5-7H2,1-4H3,(H,15,16). The largest absolute Gasteiger partial charge is 0.444 e. The Hall–Kier alpha value is -1.10. The fraction of sp³-hybridized carbons (Fsp3) is 0.692. The number of hydrogen-bond donors (Lipinski definition) is 1. The quantitative estimate of drug-likeness (QED) is 0.852. The van der Waals surface area contributed by atoms with Crippen LogP contribution in [0.25, 0.3) is 0 Å². The Balaban J connectivity index is 1.91. The Labute approximate surface area is 112 Å². The van der Waals surface area contributed by atoms with Crippen LogP contribution in [0, 0.1) is 6.92 Å². The first-order chi connectivity index (χ1) is 8.33. The minimum Gasteiger partial charge on any atom is -0.444 e. The molecule has 0 spiro atoms. The Morgan fingerprint density at radius 3 is 2.89 bits per heavy atom. The Morgan fingerprint density at radius 1 is 1.50 bits per heavy atom. The number of nitrogens with one attached hydrogen (secondary N) is 1. The van der Waals surface area contributed by atoms with Crippen molar-refractivity contribution in [2.75, 3.05) is 0 Å². The highest BCUT2D eigenvalue weighted by Gasteiger charge is 2.25. The molecule has 0 aromatic carbocycles. The molecule has 100 valence electrons. The lowest BCUT2D eigenvalue weighted by Gasteiger charge is -2.25. The first-order valence-corrected chi connectivity index (χ1v) is 7.10. The second-order valence-electron chi connectivity index (χ2n) is 5.69. The molecule has 1 aromatic heterocycles. The fourth-order valence-corrected chi connectivity index (χ4v) is 3.16. The first kappa shape index (κ1) is 13.3. The molecule has 1 amide bonds. The average molecular weight is 268 g/mol. The number of thiazole rings is 1. The zero-order valence-electron chi connectivity index (χ0n) is 11.4. The van der Waals surface area contributed by atoms with Crippen molar-refractivity contribution in [1.29, 1.82) is 0 Å². The zero-order chi connectivity index (χ0) is 13.3. The van der Waals surface area contributed by atoms with E-state index in [4.69, 9.17) is 4.74 Å². The van der Waals surface area contributed by atoms with Crippen LogP contribution >= 0.6 is 11.3 Å². The molecule has 18 heavy (non-hydrogen) atoms. The van der Waals surface area contributed by atoms with E-state index >= 15 is 0 Å². The maximum Gasteiger partial charge on any atom is 0.407 e. The summed E-state index contributed by atoms with van der Waals surface area (Å²) in [5.41, 5.74) is 0.769. The Morgan fingerprint density at radius 2 is 2.22 bits per heavy atom. The van der Waals surface area contributed by atoms with Gasteiger partial charge in [-0.15, -0.1) is 11.3 Å². The molecule has 5 heteroatoms. The lowest BCUT2D eigenvalue weighted by molar-refractivity contribution is 0.0500. The highest BCUT2D eigenvalue weighted by Crippen LogP contribution is 2.26. The molecule has 0 saturated heterocycles. The SMILES string of the molecule is Cc1nc2c(s1)CC(NC(=O)OC(C)(C)C)CC2. The van der Waals surface area contributed by atoms with Gasteiger partial charge < -0.3 is 10.1 Å². The number of amides is 1. The van der Waals surface area contributed by atoms with Gasteiger partial charge in [-0.2, -0.15) is 0 Å². The van der Waals surface area contributed by atoms with Crippen molar-refractivity contribution in [3.8, 4) is 0 Å².